The Morgan fingerprint density at radius 1 is 0.909 bits per heavy atom. The molecule has 0 aliphatic heterocycles. The Kier molecular flexibility index (Phi) is 5.55. The monoisotopic (exact) mass is 437 g/mol. The molecule has 0 amide bonds. The highest BCUT2D eigenvalue weighted by Crippen LogP contribution is 2.31. The van der Waals surface area contributed by atoms with Gasteiger partial charge in [-0.05, 0) is 72.5 Å². The van der Waals surface area contributed by atoms with Crippen molar-refractivity contribution >= 4 is 28.2 Å². The van der Waals surface area contributed by atoms with E-state index in [1.165, 1.54) is 0 Å². The first-order chi connectivity index (χ1) is 16.0. The van der Waals surface area contributed by atoms with Gasteiger partial charge in [-0.3, -0.25) is 9.59 Å². The van der Waals surface area contributed by atoms with Gasteiger partial charge in [0.15, 0.2) is 5.78 Å². The second-order valence-electron chi connectivity index (χ2n) is 9.07. The molecule has 166 valence electrons. The minimum atomic E-state index is 0.100. The largest absolute Gasteiger partial charge is 0.378 e. The highest BCUT2D eigenvalue weighted by molar-refractivity contribution is 5.98. The summed E-state index contributed by atoms with van der Waals surface area (Å²) in [5, 5.41) is 5.56. The van der Waals surface area contributed by atoms with Gasteiger partial charge in [-0.25, -0.2) is 4.68 Å². The van der Waals surface area contributed by atoms with E-state index in [-0.39, 0.29) is 5.78 Å². The fourth-order valence-corrected chi connectivity index (χ4v) is 4.14. The molecule has 1 saturated carbocycles. The number of Topliss-reactive ketones (excluding diaryl/α,β-unsaturated/α-hetero) is 2. The van der Waals surface area contributed by atoms with E-state index in [1.54, 1.807) is 0 Å². The molecule has 1 fully saturated rings. The summed E-state index contributed by atoms with van der Waals surface area (Å²) in [6.45, 7) is 0. The van der Waals surface area contributed by atoms with Gasteiger partial charge in [0.1, 0.15) is 5.78 Å². The van der Waals surface area contributed by atoms with Crippen molar-refractivity contribution in [3.05, 3.63) is 89.6 Å². The van der Waals surface area contributed by atoms with Gasteiger partial charge in [0, 0.05) is 49.5 Å². The van der Waals surface area contributed by atoms with Crippen LogP contribution in [0.5, 0.6) is 0 Å². The van der Waals surface area contributed by atoms with Crippen molar-refractivity contribution in [3.8, 4) is 5.69 Å². The molecule has 0 unspecified atom stereocenters. The van der Waals surface area contributed by atoms with Gasteiger partial charge in [-0.2, -0.15) is 5.10 Å². The van der Waals surface area contributed by atoms with E-state index in [0.29, 0.717) is 24.5 Å². The van der Waals surface area contributed by atoms with Crippen LogP contribution in [-0.2, 0) is 17.6 Å². The molecular weight excluding hydrogens is 410 g/mol. The van der Waals surface area contributed by atoms with Crippen molar-refractivity contribution in [1.29, 1.82) is 0 Å². The Morgan fingerprint density at radius 2 is 1.61 bits per heavy atom. The molecule has 0 spiro atoms. The smallest absolute Gasteiger partial charge is 0.167 e. The Balaban J connectivity index is 1.31. The number of anilines is 1. The van der Waals surface area contributed by atoms with Crippen molar-refractivity contribution in [1.82, 2.24) is 9.78 Å². The van der Waals surface area contributed by atoms with Crippen molar-refractivity contribution in [2.75, 3.05) is 19.0 Å². The second-order valence-corrected chi connectivity index (χ2v) is 9.07. The van der Waals surface area contributed by atoms with E-state index < -0.39 is 0 Å². The zero-order chi connectivity index (χ0) is 22.9. The molecule has 5 rings (SSSR count). The molecule has 4 aromatic rings. The molecule has 1 aliphatic rings. The number of fused-ring (bicyclic) bond motifs is 1. The van der Waals surface area contributed by atoms with Crippen LogP contribution in [0.2, 0.25) is 0 Å². The van der Waals surface area contributed by atoms with E-state index in [4.69, 9.17) is 0 Å². The van der Waals surface area contributed by atoms with Crippen molar-refractivity contribution in [2.45, 2.75) is 25.7 Å². The lowest BCUT2D eigenvalue weighted by atomic mass is 10.0. The Bertz CT molecular complexity index is 1310. The first kappa shape index (κ1) is 21.1. The molecule has 1 aliphatic carbocycles. The van der Waals surface area contributed by atoms with Crippen LogP contribution in [0.3, 0.4) is 0 Å². The average Bonchev–Trinajstić information content (AvgIpc) is 3.60. The number of rotatable bonds is 8. The molecule has 0 bridgehead atoms. The normalized spacial score (nSPS) is 13.3. The molecule has 0 N–H and O–H groups in total. The summed E-state index contributed by atoms with van der Waals surface area (Å²) in [4.78, 5) is 26.8. The van der Waals surface area contributed by atoms with Gasteiger partial charge in [-0.1, -0.05) is 18.2 Å². The summed E-state index contributed by atoms with van der Waals surface area (Å²) in [6.07, 6.45) is 4.80. The molecule has 33 heavy (non-hydrogen) atoms. The molecule has 0 saturated heterocycles. The third-order valence-electron chi connectivity index (χ3n) is 6.29. The predicted molar refractivity (Wildman–Crippen MR) is 131 cm³/mol. The van der Waals surface area contributed by atoms with Gasteiger partial charge in [0.25, 0.3) is 0 Å². The minimum Gasteiger partial charge on any atom is -0.378 e. The number of carbonyl (C=O) groups excluding carboxylic acids is 2. The number of hydrogen-bond acceptors (Lipinski definition) is 4. The third-order valence-corrected chi connectivity index (χ3v) is 6.29. The van der Waals surface area contributed by atoms with Gasteiger partial charge < -0.3 is 4.90 Å². The maximum atomic E-state index is 12.8. The first-order valence-electron chi connectivity index (χ1n) is 11.4. The lowest BCUT2D eigenvalue weighted by Crippen LogP contribution is -2.09. The van der Waals surface area contributed by atoms with E-state index in [0.717, 1.165) is 51.8 Å². The van der Waals surface area contributed by atoms with Crippen LogP contribution < -0.4 is 4.90 Å². The first-order valence-corrected chi connectivity index (χ1v) is 11.4. The fraction of sp³-hybridized carbons (Fsp3) is 0.250. The van der Waals surface area contributed by atoms with Crippen molar-refractivity contribution in [3.63, 3.8) is 0 Å². The maximum absolute atomic E-state index is 12.8. The number of ketones is 2. The number of benzene rings is 3. The minimum absolute atomic E-state index is 0.100. The summed E-state index contributed by atoms with van der Waals surface area (Å²) in [5.41, 5.74) is 5.75. The lowest BCUT2D eigenvalue weighted by Gasteiger charge is -2.12. The topological polar surface area (TPSA) is 55.2 Å². The van der Waals surface area contributed by atoms with Gasteiger partial charge in [0.05, 0.1) is 17.4 Å². The van der Waals surface area contributed by atoms with E-state index in [2.05, 4.69) is 5.10 Å². The average molecular weight is 438 g/mol. The SMILES string of the molecule is CN(C)c1ccc(C(=O)Cc2ccc3c(cnn3-c3ccc(CC(=O)C4CC4)cc3)c2)cc1. The van der Waals surface area contributed by atoms with Crippen LogP contribution in [0.1, 0.15) is 34.3 Å². The van der Waals surface area contributed by atoms with Crippen molar-refractivity contribution < 1.29 is 9.59 Å². The van der Waals surface area contributed by atoms with Crippen LogP contribution in [0.25, 0.3) is 16.6 Å². The summed E-state index contributed by atoms with van der Waals surface area (Å²) in [7, 11) is 3.97. The van der Waals surface area contributed by atoms with Crippen LogP contribution in [0.15, 0.2) is 72.9 Å². The lowest BCUT2D eigenvalue weighted by molar-refractivity contribution is -0.119. The second kappa shape index (κ2) is 8.66. The molecule has 5 nitrogen and oxygen atoms in total. The number of carbonyl (C=O) groups is 2. The zero-order valence-corrected chi connectivity index (χ0v) is 19.0. The number of aromatic nitrogens is 2. The van der Waals surface area contributed by atoms with Crippen LogP contribution in [-0.4, -0.2) is 35.4 Å². The highest BCUT2D eigenvalue weighted by atomic mass is 16.1. The molecule has 0 atom stereocenters. The van der Waals surface area contributed by atoms with Crippen LogP contribution in [0.4, 0.5) is 5.69 Å². The fourth-order valence-electron chi connectivity index (χ4n) is 4.14. The molecule has 1 heterocycles. The number of nitrogens with zero attached hydrogens (tertiary/aromatic N) is 3. The molecule has 5 heteroatoms. The highest BCUT2D eigenvalue weighted by Gasteiger charge is 2.29. The summed E-state index contributed by atoms with van der Waals surface area (Å²) >= 11 is 0. The predicted octanol–water partition coefficient (Wildman–Crippen LogP) is 5.04. The Hall–Kier alpha value is -3.73. The quantitative estimate of drug-likeness (QED) is 0.363. The van der Waals surface area contributed by atoms with E-state index >= 15 is 0 Å². The molecule has 0 radical (unpaired) electrons. The van der Waals surface area contributed by atoms with E-state index in [1.807, 2.05) is 96.6 Å². The van der Waals surface area contributed by atoms with Crippen LogP contribution >= 0.6 is 0 Å². The van der Waals surface area contributed by atoms with Gasteiger partial charge in [-0.15, -0.1) is 0 Å². The third kappa shape index (κ3) is 4.58. The van der Waals surface area contributed by atoms with Crippen molar-refractivity contribution in [2.24, 2.45) is 5.92 Å². The van der Waals surface area contributed by atoms with Gasteiger partial charge >= 0.3 is 0 Å². The maximum Gasteiger partial charge on any atom is 0.167 e. The number of hydrogen-bond donors (Lipinski definition) is 0. The Morgan fingerprint density at radius 3 is 2.27 bits per heavy atom. The van der Waals surface area contributed by atoms with Crippen LogP contribution in [0, 0.1) is 5.92 Å². The molecule has 1 aromatic heterocycles. The summed E-state index contributed by atoms with van der Waals surface area (Å²) in [6, 6.07) is 21.8. The Labute approximate surface area is 193 Å². The zero-order valence-electron chi connectivity index (χ0n) is 19.0. The summed E-state index contributed by atoms with van der Waals surface area (Å²) in [5.74, 6) is 0.740. The van der Waals surface area contributed by atoms with Gasteiger partial charge in [0.2, 0.25) is 0 Å². The molecule has 3 aromatic carbocycles. The molecular formula is C28H27N3O2. The van der Waals surface area contributed by atoms with E-state index in [9.17, 15) is 9.59 Å². The standard InChI is InChI=1S/C28H27N3O2/c1-30(2)24-12-8-22(9-13-24)28(33)17-20-5-14-26-23(15-20)18-29-31(26)25-10-3-19(4-11-25)16-27(32)21-6-7-21/h3-5,8-15,18,21H,6-7,16-17H2,1-2H3. The summed E-state index contributed by atoms with van der Waals surface area (Å²) < 4.78 is 1.90.